The Bertz CT molecular complexity index is 765. The Morgan fingerprint density at radius 2 is 2.09 bits per heavy atom. The van der Waals surface area contributed by atoms with Crippen molar-refractivity contribution in [2.75, 3.05) is 11.9 Å². The predicted molar refractivity (Wildman–Crippen MR) is 85.3 cm³/mol. The van der Waals surface area contributed by atoms with Crippen molar-refractivity contribution in [3.05, 3.63) is 54.2 Å². The summed E-state index contributed by atoms with van der Waals surface area (Å²) in [5.41, 5.74) is 3.99. The van der Waals surface area contributed by atoms with Crippen molar-refractivity contribution in [1.29, 1.82) is 0 Å². The molecule has 6 heteroatoms. The molecule has 0 spiro atoms. The van der Waals surface area contributed by atoms with Gasteiger partial charge in [-0.15, -0.1) is 0 Å². The fraction of sp³-hybridized carbons (Fsp3) is 0.250. The molecule has 0 fully saturated rings. The van der Waals surface area contributed by atoms with Crippen LogP contribution in [0.1, 0.15) is 11.3 Å². The van der Waals surface area contributed by atoms with Crippen LogP contribution in [0.2, 0.25) is 0 Å². The minimum Gasteiger partial charge on any atom is -0.339 e. The average Bonchev–Trinajstić information content (AvgIpc) is 2.87. The van der Waals surface area contributed by atoms with Gasteiger partial charge < -0.3 is 4.90 Å². The van der Waals surface area contributed by atoms with Crippen LogP contribution in [0.5, 0.6) is 0 Å². The molecule has 0 aliphatic heterocycles. The van der Waals surface area contributed by atoms with Gasteiger partial charge in [0.1, 0.15) is 0 Å². The van der Waals surface area contributed by atoms with E-state index < -0.39 is 0 Å². The fourth-order valence-electron chi connectivity index (χ4n) is 2.37. The van der Waals surface area contributed by atoms with Gasteiger partial charge in [-0.2, -0.15) is 5.10 Å². The molecule has 0 saturated heterocycles. The van der Waals surface area contributed by atoms with Gasteiger partial charge in [0.05, 0.1) is 11.4 Å². The summed E-state index contributed by atoms with van der Waals surface area (Å²) in [5, 5.41) is 4.36. The molecule has 0 aromatic carbocycles. The van der Waals surface area contributed by atoms with Gasteiger partial charge in [-0.05, 0) is 24.6 Å². The van der Waals surface area contributed by atoms with Crippen LogP contribution in [0, 0.1) is 6.92 Å². The first-order valence-corrected chi connectivity index (χ1v) is 7.07. The summed E-state index contributed by atoms with van der Waals surface area (Å²) in [4.78, 5) is 15.2. The van der Waals surface area contributed by atoms with Crippen molar-refractivity contribution in [2.24, 2.45) is 7.05 Å². The summed E-state index contributed by atoms with van der Waals surface area (Å²) in [6.45, 7) is 2.69. The number of rotatable bonds is 4. The molecule has 0 amide bonds. The lowest BCUT2D eigenvalue weighted by atomic mass is 10.2. The molecule has 112 valence electrons. The molecular weight excluding hydrogens is 276 g/mol. The monoisotopic (exact) mass is 294 g/mol. The number of pyridine rings is 1. The number of anilines is 1. The van der Waals surface area contributed by atoms with Crippen molar-refractivity contribution < 1.29 is 0 Å². The Hall–Kier alpha value is -2.76. The average molecular weight is 294 g/mol. The van der Waals surface area contributed by atoms with E-state index in [1.165, 1.54) is 0 Å². The Kier molecular flexibility index (Phi) is 3.82. The lowest BCUT2D eigenvalue weighted by Crippen LogP contribution is -2.19. The summed E-state index contributed by atoms with van der Waals surface area (Å²) >= 11 is 0. The molecule has 6 nitrogen and oxygen atoms in total. The van der Waals surface area contributed by atoms with Gasteiger partial charge in [0.15, 0.2) is 0 Å². The van der Waals surface area contributed by atoms with E-state index in [1.807, 2.05) is 56.5 Å². The first kappa shape index (κ1) is 14.2. The zero-order valence-corrected chi connectivity index (χ0v) is 12.9. The molecular formula is C16H18N6. The molecule has 3 rings (SSSR count). The van der Waals surface area contributed by atoms with E-state index >= 15 is 0 Å². The van der Waals surface area contributed by atoms with E-state index in [4.69, 9.17) is 0 Å². The Balaban J connectivity index is 1.86. The third-order valence-corrected chi connectivity index (χ3v) is 3.42. The lowest BCUT2D eigenvalue weighted by molar-refractivity contribution is 0.756. The van der Waals surface area contributed by atoms with Crippen LogP contribution in [0.15, 0.2) is 43.0 Å². The highest BCUT2D eigenvalue weighted by molar-refractivity contribution is 5.61. The molecule has 3 heterocycles. The normalized spacial score (nSPS) is 10.7. The van der Waals surface area contributed by atoms with Gasteiger partial charge in [0.2, 0.25) is 5.95 Å². The third kappa shape index (κ3) is 2.95. The quantitative estimate of drug-likeness (QED) is 0.738. The first-order chi connectivity index (χ1) is 10.6. The van der Waals surface area contributed by atoms with Gasteiger partial charge in [-0.3, -0.25) is 9.67 Å². The van der Waals surface area contributed by atoms with E-state index in [-0.39, 0.29) is 0 Å². The second-order valence-corrected chi connectivity index (χ2v) is 5.26. The van der Waals surface area contributed by atoms with Gasteiger partial charge in [-0.25, -0.2) is 9.97 Å². The van der Waals surface area contributed by atoms with Crippen molar-refractivity contribution in [2.45, 2.75) is 13.5 Å². The van der Waals surface area contributed by atoms with E-state index in [9.17, 15) is 0 Å². The summed E-state index contributed by atoms with van der Waals surface area (Å²) in [7, 11) is 3.88. The Labute approximate surface area is 129 Å². The lowest BCUT2D eigenvalue weighted by Gasteiger charge is -2.17. The van der Waals surface area contributed by atoms with Crippen LogP contribution in [0.3, 0.4) is 0 Å². The van der Waals surface area contributed by atoms with Crippen molar-refractivity contribution in [3.63, 3.8) is 0 Å². The van der Waals surface area contributed by atoms with Crippen molar-refractivity contribution in [1.82, 2.24) is 24.7 Å². The number of aryl methyl sites for hydroxylation is 2. The van der Waals surface area contributed by atoms with E-state index in [1.54, 1.807) is 17.1 Å². The highest BCUT2D eigenvalue weighted by Crippen LogP contribution is 2.21. The fourth-order valence-corrected chi connectivity index (χ4v) is 2.37. The second kappa shape index (κ2) is 5.93. The maximum absolute atomic E-state index is 4.65. The second-order valence-electron chi connectivity index (χ2n) is 5.26. The summed E-state index contributed by atoms with van der Waals surface area (Å²) in [6.07, 6.45) is 7.38. The summed E-state index contributed by atoms with van der Waals surface area (Å²) < 4.78 is 1.80. The molecule has 0 atom stereocenters. The smallest absolute Gasteiger partial charge is 0.225 e. The van der Waals surface area contributed by atoms with E-state index in [0.717, 1.165) is 22.5 Å². The summed E-state index contributed by atoms with van der Waals surface area (Å²) in [6, 6.07) is 5.88. The van der Waals surface area contributed by atoms with Crippen LogP contribution >= 0.6 is 0 Å². The van der Waals surface area contributed by atoms with Gasteiger partial charge in [0, 0.05) is 51.0 Å². The third-order valence-electron chi connectivity index (χ3n) is 3.42. The number of hydrogen-bond donors (Lipinski definition) is 0. The molecule has 0 saturated carbocycles. The first-order valence-electron chi connectivity index (χ1n) is 7.07. The molecule has 0 aliphatic rings. The van der Waals surface area contributed by atoms with Gasteiger partial charge >= 0.3 is 0 Å². The van der Waals surface area contributed by atoms with Gasteiger partial charge in [-0.1, -0.05) is 6.07 Å². The van der Waals surface area contributed by atoms with Crippen LogP contribution in [-0.4, -0.2) is 31.8 Å². The zero-order chi connectivity index (χ0) is 15.5. The Morgan fingerprint density at radius 3 is 2.77 bits per heavy atom. The SMILES string of the molecule is Cc1nn(C)cc1-c1ccnc(N(C)Cc2cccnc2)n1. The maximum Gasteiger partial charge on any atom is 0.225 e. The van der Waals surface area contributed by atoms with Crippen molar-refractivity contribution in [3.8, 4) is 11.3 Å². The molecule has 3 aromatic rings. The number of hydrogen-bond acceptors (Lipinski definition) is 5. The minimum atomic E-state index is 0.685. The molecule has 22 heavy (non-hydrogen) atoms. The Morgan fingerprint density at radius 1 is 1.23 bits per heavy atom. The molecule has 0 aliphatic carbocycles. The van der Waals surface area contributed by atoms with Crippen LogP contribution in [0.4, 0.5) is 5.95 Å². The van der Waals surface area contributed by atoms with E-state index in [2.05, 4.69) is 20.1 Å². The maximum atomic E-state index is 4.65. The van der Waals surface area contributed by atoms with Crippen molar-refractivity contribution >= 4 is 5.95 Å². The molecule has 0 radical (unpaired) electrons. The molecule has 0 unspecified atom stereocenters. The topological polar surface area (TPSA) is 59.7 Å². The minimum absolute atomic E-state index is 0.685. The standard InChI is InChI=1S/C16H18N6/c1-12-14(11-22(3)20-12)15-6-8-18-16(19-15)21(2)10-13-5-4-7-17-9-13/h4-9,11H,10H2,1-3H3. The highest BCUT2D eigenvalue weighted by Gasteiger charge is 2.11. The molecule has 0 bridgehead atoms. The summed E-state index contributed by atoms with van der Waals surface area (Å²) in [5.74, 6) is 0.685. The van der Waals surface area contributed by atoms with Crippen LogP contribution in [0.25, 0.3) is 11.3 Å². The highest BCUT2D eigenvalue weighted by atomic mass is 15.3. The predicted octanol–water partition coefficient (Wildman–Crippen LogP) is 2.22. The van der Waals surface area contributed by atoms with Gasteiger partial charge in [0.25, 0.3) is 0 Å². The molecule has 3 aromatic heterocycles. The molecule has 0 N–H and O–H groups in total. The zero-order valence-electron chi connectivity index (χ0n) is 12.9. The van der Waals surface area contributed by atoms with Crippen LogP contribution in [-0.2, 0) is 13.6 Å². The van der Waals surface area contributed by atoms with Crippen LogP contribution < -0.4 is 4.90 Å². The number of aromatic nitrogens is 5. The largest absolute Gasteiger partial charge is 0.339 e. The van der Waals surface area contributed by atoms with E-state index in [0.29, 0.717) is 12.5 Å². The number of nitrogens with zero attached hydrogens (tertiary/aromatic N) is 6.